The van der Waals surface area contributed by atoms with Gasteiger partial charge in [0.2, 0.25) is 0 Å². The van der Waals surface area contributed by atoms with E-state index in [1.807, 2.05) is 13.0 Å². The Bertz CT molecular complexity index is 481. The molecule has 1 N–H and O–H groups in total. The third-order valence-electron chi connectivity index (χ3n) is 4.20. The third-order valence-corrected chi connectivity index (χ3v) is 4.20. The number of piperidine rings is 1. The van der Waals surface area contributed by atoms with Crippen LogP contribution in [0.1, 0.15) is 37.8 Å². The molecule has 0 radical (unpaired) electrons. The van der Waals surface area contributed by atoms with Crippen molar-refractivity contribution >= 4 is 5.69 Å². The summed E-state index contributed by atoms with van der Waals surface area (Å²) in [6.07, 6.45) is 2.52. The van der Waals surface area contributed by atoms with E-state index in [0.717, 1.165) is 36.7 Å². The number of anilines is 1. The van der Waals surface area contributed by atoms with Crippen LogP contribution >= 0.6 is 0 Å². The van der Waals surface area contributed by atoms with Crippen LogP contribution < -0.4 is 10.2 Å². The van der Waals surface area contributed by atoms with Crippen LogP contribution in [-0.4, -0.2) is 25.7 Å². The summed E-state index contributed by atoms with van der Waals surface area (Å²) in [5, 5.41) is 12.5. The number of nitriles is 1. The van der Waals surface area contributed by atoms with Gasteiger partial charge in [-0.2, -0.15) is 5.26 Å². The molecule has 1 saturated heterocycles. The SMILES string of the molecule is Cc1cc(N(CC2CCNCC2)C(C)C)ccc1C#N. The Morgan fingerprint density at radius 2 is 2.05 bits per heavy atom. The molecular weight excluding hydrogens is 246 g/mol. The molecule has 20 heavy (non-hydrogen) atoms. The Balaban J connectivity index is 2.15. The first-order valence-corrected chi connectivity index (χ1v) is 7.60. The number of hydrogen-bond donors (Lipinski definition) is 1. The van der Waals surface area contributed by atoms with E-state index in [1.165, 1.54) is 18.5 Å². The van der Waals surface area contributed by atoms with Gasteiger partial charge in [-0.15, -0.1) is 0 Å². The zero-order valence-corrected chi connectivity index (χ0v) is 12.8. The minimum absolute atomic E-state index is 0.484. The lowest BCUT2D eigenvalue weighted by atomic mass is 9.96. The van der Waals surface area contributed by atoms with E-state index < -0.39 is 0 Å². The highest BCUT2D eigenvalue weighted by Crippen LogP contribution is 2.24. The van der Waals surface area contributed by atoms with E-state index in [-0.39, 0.29) is 0 Å². The summed E-state index contributed by atoms with van der Waals surface area (Å²) < 4.78 is 0. The van der Waals surface area contributed by atoms with Crippen LogP contribution in [-0.2, 0) is 0 Å². The van der Waals surface area contributed by atoms with Crippen molar-refractivity contribution in [2.75, 3.05) is 24.5 Å². The van der Waals surface area contributed by atoms with E-state index in [0.29, 0.717) is 6.04 Å². The molecule has 3 heteroatoms. The van der Waals surface area contributed by atoms with Gasteiger partial charge in [-0.25, -0.2) is 0 Å². The number of rotatable bonds is 4. The van der Waals surface area contributed by atoms with Crippen molar-refractivity contribution in [1.82, 2.24) is 5.32 Å². The third kappa shape index (κ3) is 3.52. The van der Waals surface area contributed by atoms with Crippen LogP contribution in [0, 0.1) is 24.2 Å². The minimum atomic E-state index is 0.484. The molecule has 2 rings (SSSR count). The lowest BCUT2D eigenvalue weighted by Crippen LogP contribution is -2.39. The largest absolute Gasteiger partial charge is 0.369 e. The summed E-state index contributed by atoms with van der Waals surface area (Å²) in [4.78, 5) is 2.48. The molecular formula is C17H25N3. The Morgan fingerprint density at radius 1 is 1.35 bits per heavy atom. The van der Waals surface area contributed by atoms with E-state index in [9.17, 15) is 0 Å². The second kappa shape index (κ2) is 6.76. The normalized spacial score (nSPS) is 16.1. The Hall–Kier alpha value is -1.53. The van der Waals surface area contributed by atoms with Crippen molar-refractivity contribution in [3.8, 4) is 6.07 Å². The van der Waals surface area contributed by atoms with Crippen LogP contribution in [0.15, 0.2) is 18.2 Å². The zero-order chi connectivity index (χ0) is 14.5. The van der Waals surface area contributed by atoms with Crippen molar-refractivity contribution in [2.24, 2.45) is 5.92 Å². The fourth-order valence-electron chi connectivity index (χ4n) is 2.91. The lowest BCUT2D eigenvalue weighted by molar-refractivity contribution is 0.368. The monoisotopic (exact) mass is 271 g/mol. The van der Waals surface area contributed by atoms with Gasteiger partial charge in [-0.3, -0.25) is 0 Å². The van der Waals surface area contributed by atoms with Crippen LogP contribution in [0.25, 0.3) is 0 Å². The van der Waals surface area contributed by atoms with Gasteiger partial charge in [0, 0.05) is 18.3 Å². The summed E-state index contributed by atoms with van der Waals surface area (Å²) in [5.41, 5.74) is 3.09. The number of aryl methyl sites for hydroxylation is 1. The Labute approximate surface area is 122 Å². The summed E-state index contributed by atoms with van der Waals surface area (Å²) in [6.45, 7) is 9.91. The molecule has 0 spiro atoms. The molecule has 0 bridgehead atoms. The van der Waals surface area contributed by atoms with E-state index >= 15 is 0 Å². The average Bonchev–Trinajstić information content (AvgIpc) is 2.45. The number of nitrogens with zero attached hydrogens (tertiary/aromatic N) is 2. The molecule has 0 saturated carbocycles. The van der Waals surface area contributed by atoms with Crippen molar-refractivity contribution in [3.63, 3.8) is 0 Å². The molecule has 0 aliphatic carbocycles. The summed E-state index contributed by atoms with van der Waals surface area (Å²) >= 11 is 0. The highest BCUT2D eigenvalue weighted by atomic mass is 15.2. The first-order chi connectivity index (χ1) is 9.61. The molecule has 1 aromatic rings. The second-order valence-corrected chi connectivity index (χ2v) is 6.05. The van der Waals surface area contributed by atoms with Crippen LogP contribution in [0.4, 0.5) is 5.69 Å². The molecule has 0 amide bonds. The van der Waals surface area contributed by atoms with Gasteiger partial charge in [0.05, 0.1) is 11.6 Å². The van der Waals surface area contributed by atoms with Crippen molar-refractivity contribution in [2.45, 2.75) is 39.7 Å². The summed E-state index contributed by atoms with van der Waals surface area (Å²) in [5.74, 6) is 0.773. The summed E-state index contributed by atoms with van der Waals surface area (Å²) in [6, 6.07) is 8.92. The standard InChI is InChI=1S/C17H25N3/c1-13(2)20(12-15-6-8-19-9-7-15)17-5-4-16(11-18)14(3)10-17/h4-5,10,13,15,19H,6-9,12H2,1-3H3. The topological polar surface area (TPSA) is 39.1 Å². The predicted molar refractivity (Wildman–Crippen MR) is 84.0 cm³/mol. The van der Waals surface area contributed by atoms with Gasteiger partial charge >= 0.3 is 0 Å². The average molecular weight is 271 g/mol. The van der Waals surface area contributed by atoms with Gasteiger partial charge in [-0.05, 0) is 76.4 Å². The molecule has 0 unspecified atom stereocenters. The van der Waals surface area contributed by atoms with E-state index in [1.54, 1.807) is 0 Å². The van der Waals surface area contributed by atoms with Crippen LogP contribution in [0.3, 0.4) is 0 Å². The molecule has 0 aromatic heterocycles. The number of hydrogen-bond acceptors (Lipinski definition) is 3. The van der Waals surface area contributed by atoms with Gasteiger partial charge in [-0.1, -0.05) is 0 Å². The van der Waals surface area contributed by atoms with Crippen molar-refractivity contribution in [1.29, 1.82) is 5.26 Å². The van der Waals surface area contributed by atoms with Gasteiger partial charge in [0.15, 0.2) is 0 Å². The molecule has 3 nitrogen and oxygen atoms in total. The lowest BCUT2D eigenvalue weighted by Gasteiger charge is -2.34. The van der Waals surface area contributed by atoms with Crippen LogP contribution in [0.2, 0.25) is 0 Å². The fourth-order valence-corrected chi connectivity index (χ4v) is 2.91. The van der Waals surface area contributed by atoms with Gasteiger partial charge in [0.1, 0.15) is 0 Å². The highest BCUT2D eigenvalue weighted by Gasteiger charge is 2.19. The minimum Gasteiger partial charge on any atom is -0.369 e. The first kappa shape index (κ1) is 14.9. The molecule has 1 fully saturated rings. The Kier molecular flexibility index (Phi) is 5.03. The predicted octanol–water partition coefficient (Wildman–Crippen LogP) is 3.08. The highest BCUT2D eigenvalue weighted by molar-refractivity contribution is 5.54. The molecule has 1 aliphatic heterocycles. The molecule has 1 aliphatic rings. The molecule has 1 aromatic carbocycles. The quantitative estimate of drug-likeness (QED) is 0.914. The second-order valence-electron chi connectivity index (χ2n) is 6.05. The van der Waals surface area contributed by atoms with Gasteiger partial charge < -0.3 is 10.2 Å². The molecule has 108 valence electrons. The maximum Gasteiger partial charge on any atom is 0.0994 e. The summed E-state index contributed by atoms with van der Waals surface area (Å²) in [7, 11) is 0. The van der Waals surface area contributed by atoms with Crippen LogP contribution in [0.5, 0.6) is 0 Å². The zero-order valence-electron chi connectivity index (χ0n) is 12.8. The number of benzene rings is 1. The maximum absolute atomic E-state index is 9.05. The van der Waals surface area contributed by atoms with E-state index in [2.05, 4.69) is 42.3 Å². The molecule has 0 atom stereocenters. The number of nitrogens with one attached hydrogen (secondary N) is 1. The smallest absolute Gasteiger partial charge is 0.0994 e. The van der Waals surface area contributed by atoms with Crippen molar-refractivity contribution in [3.05, 3.63) is 29.3 Å². The maximum atomic E-state index is 9.05. The van der Waals surface area contributed by atoms with Gasteiger partial charge in [0.25, 0.3) is 0 Å². The fraction of sp³-hybridized carbons (Fsp3) is 0.588. The molecule has 1 heterocycles. The van der Waals surface area contributed by atoms with Crippen molar-refractivity contribution < 1.29 is 0 Å². The first-order valence-electron chi connectivity index (χ1n) is 7.60. The van der Waals surface area contributed by atoms with E-state index in [4.69, 9.17) is 5.26 Å². The Morgan fingerprint density at radius 3 is 2.60 bits per heavy atom.